The molecule has 1 rings (SSSR count). The Morgan fingerprint density at radius 2 is 1.50 bits per heavy atom. The maximum absolute atomic E-state index is 9.55. The monoisotopic (exact) mass is 195 g/mol. The Hall–Kier alpha value is -1.35. The fourth-order valence-electron chi connectivity index (χ4n) is 0.668. The molecule has 0 N–H and O–H groups in total. The van der Waals surface area contributed by atoms with Crippen molar-refractivity contribution in [3.8, 4) is 0 Å². The number of nitrogens with zero attached hydrogens (tertiary/aromatic N) is 1. The summed E-state index contributed by atoms with van der Waals surface area (Å²) in [6.45, 7) is 1.73. The molecule has 0 saturated carbocycles. The molecule has 0 heterocycles. The van der Waals surface area contributed by atoms with Crippen molar-refractivity contribution in [1.82, 2.24) is 4.90 Å². The van der Waals surface area contributed by atoms with E-state index in [2.05, 4.69) is 4.74 Å². The molecule has 0 radical (unpaired) electrons. The van der Waals surface area contributed by atoms with Gasteiger partial charge in [0.05, 0.1) is 0 Å². The lowest BCUT2D eigenvalue weighted by Crippen LogP contribution is -2.17. The van der Waals surface area contributed by atoms with Crippen molar-refractivity contribution in [2.75, 3.05) is 27.2 Å². The summed E-state index contributed by atoms with van der Waals surface area (Å²) in [7, 11) is 3.85. The first-order valence-electron chi connectivity index (χ1n) is 4.47. The van der Waals surface area contributed by atoms with Crippen LogP contribution in [0.2, 0.25) is 0 Å². The van der Waals surface area contributed by atoms with Crippen molar-refractivity contribution in [2.24, 2.45) is 0 Å². The Morgan fingerprint density at radius 1 is 1.07 bits per heavy atom. The van der Waals surface area contributed by atoms with Crippen LogP contribution < -0.4 is 0 Å². The van der Waals surface area contributed by atoms with Gasteiger partial charge in [-0.1, -0.05) is 36.4 Å². The van der Waals surface area contributed by atoms with Crippen molar-refractivity contribution in [2.45, 2.75) is 0 Å². The van der Waals surface area contributed by atoms with E-state index in [1.165, 1.54) is 0 Å². The molecule has 3 nitrogen and oxygen atoms in total. The molecule has 0 atom stereocenters. The quantitative estimate of drug-likeness (QED) is 0.537. The molecule has 0 aromatic heterocycles. The van der Waals surface area contributed by atoms with Crippen LogP contribution in [0.1, 0.15) is 0 Å². The number of rotatable bonds is 4. The zero-order chi connectivity index (χ0) is 10.6. The molecule has 0 aliphatic rings. The molecule has 0 saturated heterocycles. The van der Waals surface area contributed by atoms with E-state index in [-0.39, 0.29) is 0 Å². The highest BCUT2D eigenvalue weighted by atomic mass is 16.5. The van der Waals surface area contributed by atoms with Crippen LogP contribution in [0.3, 0.4) is 0 Å². The maximum atomic E-state index is 9.55. The summed E-state index contributed by atoms with van der Waals surface area (Å²) in [5, 5.41) is 0. The van der Waals surface area contributed by atoms with E-state index in [9.17, 15) is 4.79 Å². The minimum Gasteiger partial charge on any atom is -0.467 e. The number of carbonyl (C=O) groups excluding carboxylic acids is 1. The molecule has 0 aliphatic heterocycles. The van der Waals surface area contributed by atoms with Crippen molar-refractivity contribution in [3.63, 3.8) is 0 Å². The molecule has 78 valence electrons. The van der Waals surface area contributed by atoms with Gasteiger partial charge in [0, 0.05) is 6.54 Å². The molecule has 0 amide bonds. The van der Waals surface area contributed by atoms with Crippen LogP contribution in [-0.2, 0) is 9.53 Å². The van der Waals surface area contributed by atoms with Crippen molar-refractivity contribution in [3.05, 3.63) is 36.4 Å². The van der Waals surface area contributed by atoms with E-state index in [1.54, 1.807) is 0 Å². The lowest BCUT2D eigenvalue weighted by atomic mass is 10.4. The Balaban J connectivity index is 0.000000249. The average molecular weight is 195 g/mol. The maximum Gasteiger partial charge on any atom is 0.293 e. The fourth-order valence-corrected chi connectivity index (χ4v) is 0.668. The first-order chi connectivity index (χ1) is 6.77. The van der Waals surface area contributed by atoms with Gasteiger partial charge < -0.3 is 9.64 Å². The number of ether oxygens (including phenoxy) is 1. The van der Waals surface area contributed by atoms with Crippen molar-refractivity contribution in [1.29, 1.82) is 0 Å². The highest BCUT2D eigenvalue weighted by Gasteiger charge is 1.86. The van der Waals surface area contributed by atoms with Crippen LogP contribution in [0, 0.1) is 0 Å². The van der Waals surface area contributed by atoms with Crippen LogP contribution >= 0.6 is 0 Å². The van der Waals surface area contributed by atoms with E-state index >= 15 is 0 Å². The van der Waals surface area contributed by atoms with Gasteiger partial charge in [-0.15, -0.1) is 0 Å². The third-order valence-electron chi connectivity index (χ3n) is 1.39. The lowest BCUT2D eigenvalue weighted by Gasteiger charge is -2.06. The fraction of sp³-hybridized carbons (Fsp3) is 0.364. The highest BCUT2D eigenvalue weighted by molar-refractivity contribution is 5.36. The number of hydrogen-bond donors (Lipinski definition) is 0. The van der Waals surface area contributed by atoms with E-state index in [0.717, 1.165) is 6.54 Å². The Kier molecular flexibility index (Phi) is 8.80. The minimum absolute atomic E-state index is 0.462. The number of benzene rings is 1. The Morgan fingerprint density at radius 3 is 1.79 bits per heavy atom. The van der Waals surface area contributed by atoms with Crippen LogP contribution in [0.5, 0.6) is 0 Å². The summed E-state index contributed by atoms with van der Waals surface area (Å²) in [5.41, 5.74) is 0. The molecule has 0 fully saturated rings. The van der Waals surface area contributed by atoms with Crippen molar-refractivity contribution >= 4 is 6.47 Å². The summed E-state index contributed by atoms with van der Waals surface area (Å²) >= 11 is 0. The summed E-state index contributed by atoms with van der Waals surface area (Å²) < 4.78 is 4.42. The van der Waals surface area contributed by atoms with Gasteiger partial charge in [-0.3, -0.25) is 4.79 Å². The molecule has 1 aromatic rings. The average Bonchev–Trinajstić information content (AvgIpc) is 2.21. The van der Waals surface area contributed by atoms with E-state index in [1.807, 2.05) is 55.4 Å². The highest BCUT2D eigenvalue weighted by Crippen LogP contribution is 1.79. The third kappa shape index (κ3) is 10.7. The second-order valence-electron chi connectivity index (χ2n) is 2.92. The topological polar surface area (TPSA) is 29.5 Å². The summed E-state index contributed by atoms with van der Waals surface area (Å²) in [6, 6.07) is 12.0. The molecule has 3 heteroatoms. The minimum atomic E-state index is 0.462. The van der Waals surface area contributed by atoms with Gasteiger partial charge in [-0.25, -0.2) is 0 Å². The summed E-state index contributed by atoms with van der Waals surface area (Å²) in [6.07, 6.45) is 0. The predicted molar refractivity (Wildman–Crippen MR) is 57.0 cm³/mol. The lowest BCUT2D eigenvalue weighted by molar-refractivity contribution is -0.128. The van der Waals surface area contributed by atoms with E-state index in [0.29, 0.717) is 13.1 Å². The molecule has 1 aromatic carbocycles. The second-order valence-corrected chi connectivity index (χ2v) is 2.92. The van der Waals surface area contributed by atoms with Crippen molar-refractivity contribution < 1.29 is 9.53 Å². The molecule has 0 unspecified atom stereocenters. The van der Waals surface area contributed by atoms with Crippen LogP contribution in [0.4, 0.5) is 0 Å². The van der Waals surface area contributed by atoms with Gasteiger partial charge >= 0.3 is 0 Å². The first-order valence-corrected chi connectivity index (χ1v) is 4.47. The normalized spacial score (nSPS) is 8.79. The number of hydrogen-bond acceptors (Lipinski definition) is 3. The van der Waals surface area contributed by atoms with Crippen LogP contribution in [0.25, 0.3) is 0 Å². The van der Waals surface area contributed by atoms with Crippen LogP contribution in [0.15, 0.2) is 36.4 Å². The van der Waals surface area contributed by atoms with Gasteiger partial charge in [0.15, 0.2) is 0 Å². The first kappa shape index (κ1) is 12.7. The standard InChI is InChI=1S/C6H6.C5H11NO2/c1-2-4-6-5-3-1;1-6(2)3-4-8-5-7/h1-6H;5H,3-4H2,1-2H3. The van der Waals surface area contributed by atoms with Gasteiger partial charge in [-0.05, 0) is 14.1 Å². The third-order valence-corrected chi connectivity index (χ3v) is 1.39. The Labute approximate surface area is 85.3 Å². The predicted octanol–water partition coefficient (Wildman–Crippen LogP) is 1.41. The molecule has 0 spiro atoms. The molecule has 0 aliphatic carbocycles. The van der Waals surface area contributed by atoms with E-state index < -0.39 is 0 Å². The zero-order valence-corrected chi connectivity index (χ0v) is 8.72. The number of carbonyl (C=O) groups is 1. The summed E-state index contributed by atoms with van der Waals surface area (Å²) in [4.78, 5) is 11.5. The molecule has 0 bridgehead atoms. The SMILES string of the molecule is CN(C)CCOC=O.c1ccccc1. The number of likely N-dealkylation sites (N-methyl/N-ethyl adjacent to an activating group) is 1. The molecule has 14 heavy (non-hydrogen) atoms. The van der Waals surface area contributed by atoms with Gasteiger partial charge in [0.1, 0.15) is 6.61 Å². The summed E-state index contributed by atoms with van der Waals surface area (Å²) in [5.74, 6) is 0. The van der Waals surface area contributed by atoms with E-state index in [4.69, 9.17) is 0 Å². The van der Waals surface area contributed by atoms with Gasteiger partial charge in [0.2, 0.25) is 0 Å². The smallest absolute Gasteiger partial charge is 0.293 e. The second kappa shape index (κ2) is 9.74. The Bertz CT molecular complexity index is 185. The largest absolute Gasteiger partial charge is 0.467 e. The molecular weight excluding hydrogens is 178 g/mol. The molecular formula is C11H17NO2. The van der Waals surface area contributed by atoms with Gasteiger partial charge in [0.25, 0.3) is 6.47 Å². The van der Waals surface area contributed by atoms with Gasteiger partial charge in [-0.2, -0.15) is 0 Å². The zero-order valence-electron chi connectivity index (χ0n) is 8.72. The van der Waals surface area contributed by atoms with Crippen LogP contribution in [-0.4, -0.2) is 38.6 Å².